The average molecular weight is 312 g/mol. The van der Waals surface area contributed by atoms with Gasteiger partial charge in [-0.2, -0.15) is 0 Å². The first-order valence-corrected chi connectivity index (χ1v) is 8.14. The molecule has 0 saturated heterocycles. The fourth-order valence-electron chi connectivity index (χ4n) is 2.92. The molecule has 2 aromatic rings. The van der Waals surface area contributed by atoms with Gasteiger partial charge in [-0.15, -0.1) is 0 Å². The van der Waals surface area contributed by atoms with Crippen molar-refractivity contribution in [3.05, 3.63) is 41.7 Å². The predicted octanol–water partition coefficient (Wildman–Crippen LogP) is 3.70. The summed E-state index contributed by atoms with van der Waals surface area (Å²) in [5.41, 5.74) is 10.5. The number of nitrogens with two attached hydrogens (primary N) is 1. The van der Waals surface area contributed by atoms with Crippen LogP contribution in [0, 0.1) is 12.8 Å². The number of benzene rings is 1. The van der Waals surface area contributed by atoms with Crippen LogP contribution in [0.1, 0.15) is 31.5 Å². The van der Waals surface area contributed by atoms with Crippen molar-refractivity contribution in [3.63, 3.8) is 0 Å². The Bertz CT molecular complexity index is 698. The quantitative estimate of drug-likeness (QED) is 0.914. The molecule has 0 saturated carbocycles. The monoisotopic (exact) mass is 312 g/mol. The van der Waals surface area contributed by atoms with Gasteiger partial charge >= 0.3 is 0 Å². The Kier molecular flexibility index (Phi) is 4.53. The molecular weight excluding hydrogens is 288 g/mol. The number of pyridine rings is 1. The normalized spacial score (nSPS) is 14.0. The van der Waals surface area contributed by atoms with Crippen LogP contribution >= 0.6 is 0 Å². The lowest BCUT2D eigenvalue weighted by atomic mass is 9.98. The molecule has 0 amide bonds. The van der Waals surface area contributed by atoms with Crippen LogP contribution < -0.4 is 15.2 Å². The van der Waals surface area contributed by atoms with E-state index in [9.17, 15) is 0 Å². The summed E-state index contributed by atoms with van der Waals surface area (Å²) in [6.07, 6.45) is 2.85. The molecule has 1 aliphatic heterocycles. The first-order valence-electron chi connectivity index (χ1n) is 8.14. The molecule has 2 N–H and O–H groups in total. The van der Waals surface area contributed by atoms with E-state index in [1.165, 1.54) is 5.56 Å². The Labute approximate surface area is 137 Å². The molecule has 0 radical (unpaired) electrons. The van der Waals surface area contributed by atoms with E-state index in [-0.39, 0.29) is 6.04 Å². The van der Waals surface area contributed by atoms with Gasteiger partial charge in [0.15, 0.2) is 0 Å². The second-order valence-electron chi connectivity index (χ2n) is 6.63. The maximum absolute atomic E-state index is 6.08. The van der Waals surface area contributed by atoms with Crippen LogP contribution in [-0.2, 0) is 6.61 Å². The predicted molar refractivity (Wildman–Crippen MR) is 91.7 cm³/mol. The largest absolute Gasteiger partial charge is 0.492 e. The second-order valence-corrected chi connectivity index (χ2v) is 6.63. The van der Waals surface area contributed by atoms with Gasteiger partial charge in [0.2, 0.25) is 0 Å². The van der Waals surface area contributed by atoms with E-state index in [1.807, 2.05) is 25.3 Å². The van der Waals surface area contributed by atoms with Gasteiger partial charge in [-0.25, -0.2) is 0 Å². The number of rotatable bonds is 5. The third-order valence-corrected chi connectivity index (χ3v) is 3.99. The summed E-state index contributed by atoms with van der Waals surface area (Å²) in [6, 6.07) is 8.15. The van der Waals surface area contributed by atoms with Crippen LogP contribution in [0.25, 0.3) is 11.1 Å². The Morgan fingerprint density at radius 1 is 1.26 bits per heavy atom. The molecule has 0 spiro atoms. The minimum absolute atomic E-state index is 0.0569. The number of nitrogens with zero attached hydrogens (tertiary/aromatic N) is 1. The number of aromatic nitrogens is 1. The second kappa shape index (κ2) is 6.59. The molecule has 122 valence electrons. The molecule has 1 aromatic heterocycles. The zero-order valence-corrected chi connectivity index (χ0v) is 14.0. The summed E-state index contributed by atoms with van der Waals surface area (Å²) in [5, 5.41) is 0. The van der Waals surface area contributed by atoms with Gasteiger partial charge in [-0.3, -0.25) is 4.98 Å². The first kappa shape index (κ1) is 15.8. The van der Waals surface area contributed by atoms with E-state index in [0.29, 0.717) is 19.1 Å². The van der Waals surface area contributed by atoms with E-state index in [4.69, 9.17) is 15.2 Å². The fraction of sp³-hybridized carbons (Fsp3) is 0.421. The highest BCUT2D eigenvalue weighted by atomic mass is 16.5. The molecule has 4 nitrogen and oxygen atoms in total. The minimum Gasteiger partial charge on any atom is -0.492 e. The topological polar surface area (TPSA) is 57.4 Å². The molecule has 4 heteroatoms. The Hall–Kier alpha value is -2.07. The van der Waals surface area contributed by atoms with Gasteiger partial charge in [0.25, 0.3) is 0 Å². The van der Waals surface area contributed by atoms with Crippen molar-refractivity contribution in [1.82, 2.24) is 4.98 Å². The molecule has 1 unspecified atom stereocenters. The van der Waals surface area contributed by atoms with Gasteiger partial charge in [0.1, 0.15) is 24.7 Å². The van der Waals surface area contributed by atoms with Crippen LogP contribution in [0.2, 0.25) is 0 Å². The summed E-state index contributed by atoms with van der Waals surface area (Å²) in [5.74, 6) is 2.24. The number of aryl methyl sites for hydroxylation is 1. The summed E-state index contributed by atoms with van der Waals surface area (Å²) >= 11 is 0. The third kappa shape index (κ3) is 3.64. The van der Waals surface area contributed by atoms with Gasteiger partial charge in [0, 0.05) is 35.1 Å². The van der Waals surface area contributed by atoms with Crippen LogP contribution in [-0.4, -0.2) is 17.6 Å². The van der Waals surface area contributed by atoms with E-state index >= 15 is 0 Å². The van der Waals surface area contributed by atoms with Crippen molar-refractivity contribution in [3.8, 4) is 22.6 Å². The highest BCUT2D eigenvalue weighted by Gasteiger charge is 2.18. The van der Waals surface area contributed by atoms with Gasteiger partial charge in [-0.05, 0) is 43.0 Å². The van der Waals surface area contributed by atoms with Crippen molar-refractivity contribution in [1.29, 1.82) is 0 Å². The minimum atomic E-state index is 0.0569. The summed E-state index contributed by atoms with van der Waals surface area (Å²) < 4.78 is 11.7. The molecule has 23 heavy (non-hydrogen) atoms. The van der Waals surface area contributed by atoms with Crippen LogP contribution in [0.4, 0.5) is 0 Å². The van der Waals surface area contributed by atoms with E-state index in [0.717, 1.165) is 34.7 Å². The molecular formula is C19H24N2O2. The summed E-state index contributed by atoms with van der Waals surface area (Å²) in [4.78, 5) is 4.34. The van der Waals surface area contributed by atoms with Gasteiger partial charge < -0.3 is 15.2 Å². The summed E-state index contributed by atoms with van der Waals surface area (Å²) in [7, 11) is 0. The lowest BCUT2D eigenvalue weighted by molar-refractivity contribution is 0.265. The number of hydrogen-bond acceptors (Lipinski definition) is 4. The number of hydrogen-bond donors (Lipinski definition) is 1. The maximum atomic E-state index is 6.08. The molecule has 3 rings (SSSR count). The van der Waals surface area contributed by atoms with Crippen LogP contribution in [0.3, 0.4) is 0 Å². The number of ether oxygens (including phenoxy) is 2. The van der Waals surface area contributed by atoms with Crippen LogP contribution in [0.15, 0.2) is 30.5 Å². The molecule has 1 aromatic carbocycles. The maximum Gasteiger partial charge on any atom is 0.131 e. The smallest absolute Gasteiger partial charge is 0.131 e. The lowest BCUT2D eigenvalue weighted by Crippen LogP contribution is -2.29. The van der Waals surface area contributed by atoms with E-state index in [2.05, 4.69) is 31.0 Å². The molecule has 1 aliphatic rings. The van der Waals surface area contributed by atoms with Crippen molar-refractivity contribution in [2.24, 2.45) is 11.7 Å². The van der Waals surface area contributed by atoms with Gasteiger partial charge in [-0.1, -0.05) is 13.8 Å². The first-order chi connectivity index (χ1) is 11.0. The van der Waals surface area contributed by atoms with Crippen molar-refractivity contribution in [2.75, 3.05) is 6.61 Å². The molecule has 1 atom stereocenters. The standard InChI is InChI=1S/C19H24N2O2/c1-12(2)6-15(20)11-22-16-4-5-17-18-7-13(3)21-9-14(18)10-23-19(17)8-16/h4-5,7-9,12,15H,6,10-11,20H2,1-3H3. The summed E-state index contributed by atoms with van der Waals surface area (Å²) in [6.45, 7) is 7.41. The van der Waals surface area contributed by atoms with Crippen molar-refractivity contribution >= 4 is 0 Å². The fourth-order valence-corrected chi connectivity index (χ4v) is 2.92. The Balaban J connectivity index is 1.76. The molecule has 0 bridgehead atoms. The van der Waals surface area contributed by atoms with Crippen LogP contribution in [0.5, 0.6) is 11.5 Å². The van der Waals surface area contributed by atoms with Crippen molar-refractivity contribution < 1.29 is 9.47 Å². The van der Waals surface area contributed by atoms with Crippen molar-refractivity contribution in [2.45, 2.75) is 39.8 Å². The Morgan fingerprint density at radius 3 is 2.87 bits per heavy atom. The molecule has 0 fully saturated rings. The highest BCUT2D eigenvalue weighted by Crippen LogP contribution is 2.39. The molecule has 0 aliphatic carbocycles. The van der Waals surface area contributed by atoms with Gasteiger partial charge in [0.05, 0.1) is 0 Å². The van der Waals surface area contributed by atoms with E-state index < -0.39 is 0 Å². The average Bonchev–Trinajstić information content (AvgIpc) is 2.51. The highest BCUT2D eigenvalue weighted by molar-refractivity contribution is 5.75. The van der Waals surface area contributed by atoms with E-state index in [1.54, 1.807) is 0 Å². The zero-order valence-electron chi connectivity index (χ0n) is 14.0. The number of fused-ring (bicyclic) bond motifs is 3. The third-order valence-electron chi connectivity index (χ3n) is 3.99. The zero-order chi connectivity index (χ0) is 16.4. The molecule has 2 heterocycles. The SMILES string of the molecule is Cc1cc2c(cn1)COc1cc(OCC(N)CC(C)C)ccc1-2. The Morgan fingerprint density at radius 2 is 2.09 bits per heavy atom. The lowest BCUT2D eigenvalue weighted by Gasteiger charge is -2.22.